The summed E-state index contributed by atoms with van der Waals surface area (Å²) in [5.74, 6) is 0.114. The van der Waals surface area contributed by atoms with E-state index in [1.165, 1.54) is 6.08 Å². The number of ether oxygens (including phenoxy) is 1. The number of nitrogens with zero attached hydrogens (tertiary/aromatic N) is 1. The maximum absolute atomic E-state index is 12.6. The Hall–Kier alpha value is -2.11. The quantitative estimate of drug-likeness (QED) is 0.219. The van der Waals surface area contributed by atoms with Gasteiger partial charge in [0.1, 0.15) is 24.0 Å². The van der Waals surface area contributed by atoms with Crippen molar-refractivity contribution in [2.45, 2.75) is 13.5 Å². The van der Waals surface area contributed by atoms with E-state index in [0.29, 0.717) is 37.6 Å². The Morgan fingerprint density at radius 1 is 1.09 bits per heavy atom. The first-order valence-electron chi connectivity index (χ1n) is 9.32. The monoisotopic (exact) mass is 636 g/mol. The predicted molar refractivity (Wildman–Crippen MR) is 139 cm³/mol. The fourth-order valence-corrected chi connectivity index (χ4v) is 4.66. The highest BCUT2D eigenvalue weighted by atomic mass is 79.9. The predicted octanol–water partition coefficient (Wildman–Crippen LogP) is 8.06. The molecule has 0 aromatic heterocycles. The molecule has 0 fully saturated rings. The van der Waals surface area contributed by atoms with Gasteiger partial charge in [-0.25, -0.2) is 0 Å². The molecule has 1 N–H and O–H groups in total. The summed E-state index contributed by atoms with van der Waals surface area (Å²) in [6, 6.07) is 18.6. The smallest absolute Gasteiger partial charge is 0.266 e. The number of nitrogens with one attached hydrogen (secondary N) is 1. The first-order valence-corrected chi connectivity index (χ1v) is 12.1. The summed E-state index contributed by atoms with van der Waals surface area (Å²) in [7, 11) is 0. The van der Waals surface area contributed by atoms with E-state index in [4.69, 9.17) is 16.3 Å². The molecule has 0 atom stereocenters. The van der Waals surface area contributed by atoms with Crippen LogP contribution in [0, 0.1) is 18.3 Å². The van der Waals surface area contributed by atoms with E-state index in [-0.39, 0.29) is 5.57 Å². The number of carbonyl (C=O) groups is 1. The molecule has 3 aromatic rings. The minimum Gasteiger partial charge on any atom is -0.487 e. The molecule has 0 saturated heterocycles. The molecule has 162 valence electrons. The van der Waals surface area contributed by atoms with E-state index < -0.39 is 5.91 Å². The first-order chi connectivity index (χ1) is 15.3. The highest BCUT2D eigenvalue weighted by molar-refractivity contribution is 9.11. The summed E-state index contributed by atoms with van der Waals surface area (Å²) in [6.07, 6.45) is 1.52. The standard InChI is InChI=1S/C24H16Br3ClN2O2/c1-14-2-7-19(28)11-22(14)30-24(31)17(12-29)8-16-9-20(26)23(21(27)10-16)32-13-15-3-5-18(25)6-4-15/h2-11H,13H2,1H3,(H,30,31)/b17-8+. The Bertz CT molecular complexity index is 1210. The molecule has 32 heavy (non-hydrogen) atoms. The van der Waals surface area contributed by atoms with Crippen LogP contribution in [0.2, 0.25) is 5.02 Å². The van der Waals surface area contributed by atoms with E-state index >= 15 is 0 Å². The molecule has 0 spiro atoms. The minimum atomic E-state index is -0.513. The van der Waals surface area contributed by atoms with Crippen molar-refractivity contribution >= 4 is 77.1 Å². The third-order valence-corrected chi connectivity index (χ3v) is 6.38. The normalized spacial score (nSPS) is 11.1. The van der Waals surface area contributed by atoms with Crippen molar-refractivity contribution in [2.24, 2.45) is 0 Å². The number of amides is 1. The number of rotatable bonds is 6. The summed E-state index contributed by atoms with van der Waals surface area (Å²) < 4.78 is 8.33. The van der Waals surface area contributed by atoms with Gasteiger partial charge in [0.05, 0.1) is 8.95 Å². The van der Waals surface area contributed by atoms with Gasteiger partial charge in [0.15, 0.2) is 0 Å². The number of hydrogen-bond acceptors (Lipinski definition) is 3. The molecular formula is C24H16Br3ClN2O2. The lowest BCUT2D eigenvalue weighted by atomic mass is 10.1. The Balaban J connectivity index is 1.78. The molecule has 0 aliphatic carbocycles. The van der Waals surface area contributed by atoms with Crippen LogP contribution in [0.4, 0.5) is 5.69 Å². The Labute approximate surface area is 216 Å². The maximum atomic E-state index is 12.6. The molecule has 0 bridgehead atoms. The average molecular weight is 640 g/mol. The molecule has 8 heteroatoms. The zero-order valence-corrected chi connectivity index (χ0v) is 22.3. The van der Waals surface area contributed by atoms with Gasteiger partial charge in [0, 0.05) is 15.2 Å². The van der Waals surface area contributed by atoms with Gasteiger partial charge in [0.2, 0.25) is 0 Å². The fourth-order valence-electron chi connectivity index (χ4n) is 2.77. The van der Waals surface area contributed by atoms with Crippen molar-refractivity contribution in [1.82, 2.24) is 0 Å². The van der Waals surface area contributed by atoms with Crippen LogP contribution in [-0.4, -0.2) is 5.91 Å². The lowest BCUT2D eigenvalue weighted by Gasteiger charge is -2.12. The van der Waals surface area contributed by atoms with Crippen LogP contribution < -0.4 is 10.1 Å². The van der Waals surface area contributed by atoms with Crippen molar-refractivity contribution in [1.29, 1.82) is 5.26 Å². The number of hydrogen-bond donors (Lipinski definition) is 1. The number of aryl methyl sites for hydroxylation is 1. The molecule has 0 saturated carbocycles. The molecule has 0 radical (unpaired) electrons. The minimum absolute atomic E-state index is 0.0355. The number of carbonyl (C=O) groups excluding carboxylic acids is 1. The lowest BCUT2D eigenvalue weighted by Crippen LogP contribution is -2.14. The van der Waals surface area contributed by atoms with E-state index in [2.05, 4.69) is 53.1 Å². The van der Waals surface area contributed by atoms with Gasteiger partial charge in [-0.15, -0.1) is 0 Å². The second-order valence-corrected chi connectivity index (χ2v) is 9.87. The van der Waals surface area contributed by atoms with E-state index in [1.54, 1.807) is 30.3 Å². The van der Waals surface area contributed by atoms with E-state index in [0.717, 1.165) is 15.6 Å². The third kappa shape index (κ3) is 6.46. The number of nitriles is 1. The van der Waals surface area contributed by atoms with Crippen LogP contribution in [0.15, 0.2) is 73.6 Å². The maximum Gasteiger partial charge on any atom is 0.266 e. The van der Waals surface area contributed by atoms with Crippen molar-refractivity contribution in [3.63, 3.8) is 0 Å². The zero-order valence-electron chi connectivity index (χ0n) is 16.8. The van der Waals surface area contributed by atoms with Gasteiger partial charge in [-0.3, -0.25) is 4.79 Å². The van der Waals surface area contributed by atoms with Crippen LogP contribution in [0.5, 0.6) is 5.75 Å². The fraction of sp³-hybridized carbons (Fsp3) is 0.0833. The van der Waals surface area contributed by atoms with Gasteiger partial charge in [-0.05, 0) is 97.9 Å². The summed E-state index contributed by atoms with van der Waals surface area (Å²) in [6.45, 7) is 2.24. The molecule has 1 amide bonds. The van der Waals surface area contributed by atoms with Crippen LogP contribution in [0.1, 0.15) is 16.7 Å². The Morgan fingerprint density at radius 3 is 2.38 bits per heavy atom. The highest BCUT2D eigenvalue weighted by Gasteiger charge is 2.14. The van der Waals surface area contributed by atoms with Gasteiger partial charge >= 0.3 is 0 Å². The van der Waals surface area contributed by atoms with Crippen molar-refractivity contribution in [3.05, 3.63) is 95.3 Å². The van der Waals surface area contributed by atoms with Crippen molar-refractivity contribution < 1.29 is 9.53 Å². The average Bonchev–Trinajstić information content (AvgIpc) is 2.75. The van der Waals surface area contributed by atoms with Gasteiger partial charge in [-0.1, -0.05) is 45.7 Å². The highest BCUT2D eigenvalue weighted by Crippen LogP contribution is 2.36. The zero-order chi connectivity index (χ0) is 23.3. The summed E-state index contributed by atoms with van der Waals surface area (Å²) >= 11 is 16.5. The topological polar surface area (TPSA) is 62.1 Å². The summed E-state index contributed by atoms with van der Waals surface area (Å²) in [4.78, 5) is 12.6. The lowest BCUT2D eigenvalue weighted by molar-refractivity contribution is -0.112. The molecule has 3 aromatic carbocycles. The van der Waals surface area contributed by atoms with Crippen LogP contribution in [0.3, 0.4) is 0 Å². The van der Waals surface area contributed by atoms with Crippen LogP contribution >= 0.6 is 59.4 Å². The SMILES string of the molecule is Cc1ccc(Cl)cc1NC(=O)/C(C#N)=C/c1cc(Br)c(OCc2ccc(Br)cc2)c(Br)c1. The second-order valence-electron chi connectivity index (χ2n) is 6.81. The molecule has 3 rings (SSSR count). The number of anilines is 1. The number of halogens is 4. The molecule has 0 aliphatic heterocycles. The molecule has 4 nitrogen and oxygen atoms in total. The molecule has 0 heterocycles. The summed E-state index contributed by atoms with van der Waals surface area (Å²) in [5, 5.41) is 12.8. The third-order valence-electron chi connectivity index (χ3n) is 4.44. The second kappa shape index (κ2) is 11.2. The number of benzene rings is 3. The van der Waals surface area contributed by atoms with Gasteiger partial charge < -0.3 is 10.1 Å². The van der Waals surface area contributed by atoms with Gasteiger partial charge in [0.25, 0.3) is 5.91 Å². The van der Waals surface area contributed by atoms with E-state index in [9.17, 15) is 10.1 Å². The first kappa shape index (κ1) is 24.5. The molecule has 0 aliphatic rings. The van der Waals surface area contributed by atoms with Crippen LogP contribution in [0.25, 0.3) is 6.08 Å². The molecular weight excluding hydrogens is 623 g/mol. The largest absolute Gasteiger partial charge is 0.487 e. The summed E-state index contributed by atoms with van der Waals surface area (Å²) in [5.41, 5.74) is 3.05. The molecule has 0 unspecified atom stereocenters. The van der Waals surface area contributed by atoms with Crippen LogP contribution in [-0.2, 0) is 11.4 Å². The Morgan fingerprint density at radius 2 is 1.75 bits per heavy atom. The Kier molecular flexibility index (Phi) is 8.55. The van der Waals surface area contributed by atoms with Crippen molar-refractivity contribution in [3.8, 4) is 11.8 Å². The van der Waals surface area contributed by atoms with E-state index in [1.807, 2.05) is 37.3 Å². The van der Waals surface area contributed by atoms with Gasteiger partial charge in [-0.2, -0.15) is 5.26 Å². The van der Waals surface area contributed by atoms with Crippen molar-refractivity contribution in [2.75, 3.05) is 5.32 Å².